The van der Waals surface area contributed by atoms with Crippen LogP contribution in [0.5, 0.6) is 5.75 Å². The molecule has 0 spiro atoms. The summed E-state index contributed by atoms with van der Waals surface area (Å²) in [6, 6.07) is 7.96. The van der Waals surface area contributed by atoms with E-state index in [2.05, 4.69) is 15.6 Å². The molecule has 1 aliphatic heterocycles. The third-order valence-electron chi connectivity index (χ3n) is 4.90. The summed E-state index contributed by atoms with van der Waals surface area (Å²) in [6.07, 6.45) is 3.54. The summed E-state index contributed by atoms with van der Waals surface area (Å²) in [4.78, 5) is 26.6. The molecule has 170 valence electrons. The molecular weight excluding hydrogens is 436 g/mol. The van der Waals surface area contributed by atoms with E-state index < -0.39 is 28.4 Å². The molecule has 1 aromatic carbocycles. The first kappa shape index (κ1) is 23.2. The Labute approximate surface area is 185 Å². The van der Waals surface area contributed by atoms with E-state index in [9.17, 15) is 23.1 Å². The number of sulfonamides is 1. The number of aliphatic carboxylic acids is 1. The van der Waals surface area contributed by atoms with Gasteiger partial charge in [-0.2, -0.15) is 4.31 Å². The highest BCUT2D eigenvalue weighted by Gasteiger charge is 2.27. The number of hydrogen-bond donors (Lipinski definition) is 4. The van der Waals surface area contributed by atoms with E-state index in [0.717, 1.165) is 17.8 Å². The summed E-state index contributed by atoms with van der Waals surface area (Å²) in [5, 5.41) is 24.0. The molecular formula is C21H24N4O6S. The smallest absolute Gasteiger partial charge is 0.322 e. The lowest BCUT2D eigenvalue weighted by atomic mass is 10.0. The van der Waals surface area contributed by atoms with E-state index in [4.69, 9.17) is 5.11 Å². The Morgan fingerprint density at radius 1 is 1.22 bits per heavy atom. The number of hydrogen-bond acceptors (Lipinski definition) is 7. The number of aromatic hydroxyl groups is 1. The summed E-state index contributed by atoms with van der Waals surface area (Å²) >= 11 is 0. The SMILES string of the molecule is CCNc1ccc(S(=O)(=O)N2CC=C(c3cnc(C(=O)NCC(=O)O)c(O)c3)CC2)cc1. The molecule has 4 N–H and O–H groups in total. The highest BCUT2D eigenvalue weighted by atomic mass is 32.2. The normalized spacial score (nSPS) is 14.5. The average molecular weight is 461 g/mol. The topological polar surface area (TPSA) is 149 Å². The molecule has 0 saturated heterocycles. The molecule has 11 heteroatoms. The Balaban J connectivity index is 1.71. The molecule has 2 aromatic rings. The first-order valence-electron chi connectivity index (χ1n) is 9.95. The van der Waals surface area contributed by atoms with E-state index in [1.807, 2.05) is 6.92 Å². The number of carboxylic acids is 1. The highest BCUT2D eigenvalue weighted by molar-refractivity contribution is 7.89. The number of amides is 1. The second-order valence-electron chi connectivity index (χ2n) is 7.07. The van der Waals surface area contributed by atoms with E-state index in [0.29, 0.717) is 12.0 Å². The predicted molar refractivity (Wildman–Crippen MR) is 118 cm³/mol. The van der Waals surface area contributed by atoms with Gasteiger partial charge >= 0.3 is 5.97 Å². The van der Waals surface area contributed by atoms with Crippen LogP contribution in [0.4, 0.5) is 5.69 Å². The molecule has 0 atom stereocenters. The number of carbonyl (C=O) groups is 2. The van der Waals surface area contributed by atoms with Gasteiger partial charge in [0.2, 0.25) is 10.0 Å². The Kier molecular flexibility index (Phi) is 7.11. The lowest BCUT2D eigenvalue weighted by Gasteiger charge is -2.26. The molecule has 1 aliphatic rings. The van der Waals surface area contributed by atoms with E-state index in [1.54, 1.807) is 30.3 Å². The number of aromatic nitrogens is 1. The zero-order chi connectivity index (χ0) is 23.3. The zero-order valence-corrected chi connectivity index (χ0v) is 18.2. The van der Waals surface area contributed by atoms with Crippen LogP contribution >= 0.6 is 0 Å². The molecule has 0 radical (unpaired) electrons. The minimum atomic E-state index is -3.64. The molecule has 3 rings (SSSR count). The van der Waals surface area contributed by atoms with Crippen molar-refractivity contribution in [2.45, 2.75) is 18.2 Å². The van der Waals surface area contributed by atoms with E-state index in [-0.39, 0.29) is 29.4 Å². The van der Waals surface area contributed by atoms with E-state index >= 15 is 0 Å². The monoisotopic (exact) mass is 460 g/mol. The van der Waals surface area contributed by atoms with Crippen molar-refractivity contribution in [2.75, 3.05) is 31.5 Å². The van der Waals surface area contributed by atoms with Crippen LogP contribution < -0.4 is 10.6 Å². The van der Waals surface area contributed by atoms with Gasteiger partial charge in [0.15, 0.2) is 5.69 Å². The maximum Gasteiger partial charge on any atom is 0.322 e. The number of nitrogens with one attached hydrogen (secondary N) is 2. The maximum atomic E-state index is 12.9. The van der Waals surface area contributed by atoms with E-state index in [1.165, 1.54) is 16.6 Å². The van der Waals surface area contributed by atoms with Crippen molar-refractivity contribution in [3.63, 3.8) is 0 Å². The second-order valence-corrected chi connectivity index (χ2v) is 9.00. The lowest BCUT2D eigenvalue weighted by Crippen LogP contribution is -2.34. The van der Waals surface area contributed by atoms with Crippen LogP contribution in [-0.4, -0.2) is 66.0 Å². The molecule has 0 unspecified atom stereocenters. The highest BCUT2D eigenvalue weighted by Crippen LogP contribution is 2.28. The van der Waals surface area contributed by atoms with Crippen molar-refractivity contribution < 1.29 is 28.2 Å². The molecule has 1 amide bonds. The molecule has 10 nitrogen and oxygen atoms in total. The van der Waals surface area contributed by atoms with Crippen LogP contribution in [0.15, 0.2) is 47.5 Å². The number of carbonyl (C=O) groups excluding carboxylic acids is 1. The van der Waals surface area contributed by atoms with Crippen molar-refractivity contribution in [3.05, 3.63) is 53.9 Å². The number of nitrogens with zero attached hydrogens (tertiary/aromatic N) is 2. The van der Waals surface area contributed by atoms with Crippen molar-refractivity contribution in [1.82, 2.24) is 14.6 Å². The van der Waals surface area contributed by atoms with Crippen molar-refractivity contribution in [2.24, 2.45) is 0 Å². The van der Waals surface area contributed by atoms with Crippen LogP contribution in [0.2, 0.25) is 0 Å². The summed E-state index contributed by atoms with van der Waals surface area (Å²) < 4.78 is 27.2. The molecule has 0 saturated carbocycles. The van der Waals surface area contributed by atoms with Gasteiger partial charge in [-0.05, 0) is 54.8 Å². The van der Waals surface area contributed by atoms with Crippen LogP contribution in [-0.2, 0) is 14.8 Å². The van der Waals surface area contributed by atoms with Crippen LogP contribution in [0.3, 0.4) is 0 Å². The first-order chi connectivity index (χ1) is 15.2. The molecule has 32 heavy (non-hydrogen) atoms. The number of carboxylic acid groups (broad SMARTS) is 1. The molecule has 2 heterocycles. The summed E-state index contributed by atoms with van der Waals surface area (Å²) in [5.74, 6) is -2.40. The van der Waals surface area contributed by atoms with Gasteiger partial charge in [-0.25, -0.2) is 13.4 Å². The largest absolute Gasteiger partial charge is 0.505 e. The second kappa shape index (κ2) is 9.79. The fourth-order valence-electron chi connectivity index (χ4n) is 3.27. The number of rotatable bonds is 8. The number of anilines is 1. The van der Waals surface area contributed by atoms with Gasteiger partial charge in [-0.3, -0.25) is 9.59 Å². The Morgan fingerprint density at radius 3 is 2.50 bits per heavy atom. The minimum absolute atomic E-state index is 0.161. The fourth-order valence-corrected chi connectivity index (χ4v) is 4.65. The van der Waals surface area contributed by atoms with Gasteiger partial charge in [-0.15, -0.1) is 0 Å². The predicted octanol–water partition coefficient (Wildman–Crippen LogP) is 1.51. The Hall–Kier alpha value is -3.44. The van der Waals surface area contributed by atoms with Crippen LogP contribution in [0, 0.1) is 0 Å². The third kappa shape index (κ3) is 5.24. The van der Waals surface area contributed by atoms with Crippen molar-refractivity contribution >= 4 is 33.2 Å². The number of benzene rings is 1. The van der Waals surface area contributed by atoms with Gasteiger partial charge in [-0.1, -0.05) is 6.08 Å². The number of pyridine rings is 1. The van der Waals surface area contributed by atoms with Gasteiger partial charge in [0, 0.05) is 31.5 Å². The van der Waals surface area contributed by atoms with Gasteiger partial charge in [0.1, 0.15) is 12.3 Å². The summed E-state index contributed by atoms with van der Waals surface area (Å²) in [6.45, 7) is 2.53. The van der Waals surface area contributed by atoms with Gasteiger partial charge in [0.05, 0.1) is 4.90 Å². The average Bonchev–Trinajstić information content (AvgIpc) is 2.78. The summed E-state index contributed by atoms with van der Waals surface area (Å²) in [7, 11) is -3.64. The van der Waals surface area contributed by atoms with Crippen LogP contribution in [0.25, 0.3) is 5.57 Å². The van der Waals surface area contributed by atoms with Crippen molar-refractivity contribution in [1.29, 1.82) is 0 Å². The third-order valence-corrected chi connectivity index (χ3v) is 6.78. The lowest BCUT2D eigenvalue weighted by molar-refractivity contribution is -0.135. The first-order valence-corrected chi connectivity index (χ1v) is 11.4. The Bertz CT molecular complexity index is 1150. The molecule has 0 fully saturated rings. The molecule has 0 bridgehead atoms. The summed E-state index contributed by atoms with van der Waals surface area (Å²) in [5.41, 5.74) is 1.92. The minimum Gasteiger partial charge on any atom is -0.505 e. The maximum absolute atomic E-state index is 12.9. The van der Waals surface area contributed by atoms with Gasteiger partial charge in [0.25, 0.3) is 5.91 Å². The standard InChI is InChI=1S/C21H24N4O6S/c1-2-22-16-3-5-17(6-4-16)32(30,31)25-9-7-14(8-10-25)15-11-18(26)20(23-12-15)21(29)24-13-19(27)28/h3-7,11-12,22,26H,2,8-10,13H2,1H3,(H,24,29)(H,27,28). The quantitative estimate of drug-likeness (QED) is 0.463. The van der Waals surface area contributed by atoms with Gasteiger partial charge < -0.3 is 20.8 Å². The zero-order valence-electron chi connectivity index (χ0n) is 17.4. The van der Waals surface area contributed by atoms with Crippen molar-refractivity contribution in [3.8, 4) is 5.75 Å². The molecule has 0 aliphatic carbocycles. The van der Waals surface area contributed by atoms with Crippen LogP contribution in [0.1, 0.15) is 29.4 Å². The Morgan fingerprint density at radius 2 is 1.94 bits per heavy atom. The fraction of sp³-hybridized carbons (Fsp3) is 0.286. The molecule has 1 aromatic heterocycles.